The first-order valence-corrected chi connectivity index (χ1v) is 5.43. The summed E-state index contributed by atoms with van der Waals surface area (Å²) in [5.74, 6) is 0.115. The van der Waals surface area contributed by atoms with Gasteiger partial charge in [-0.1, -0.05) is 12.1 Å². The van der Waals surface area contributed by atoms with Crippen LogP contribution >= 0.6 is 0 Å². The van der Waals surface area contributed by atoms with Gasteiger partial charge in [-0.3, -0.25) is 4.79 Å². The molecule has 0 fully saturated rings. The van der Waals surface area contributed by atoms with Gasteiger partial charge in [-0.15, -0.1) is 0 Å². The first-order valence-electron chi connectivity index (χ1n) is 5.43. The number of hydrogen-bond acceptors (Lipinski definition) is 5. The maximum absolute atomic E-state index is 11.6. The maximum Gasteiger partial charge on any atom is 0.273 e. The van der Waals surface area contributed by atoms with E-state index in [1.165, 1.54) is 13.2 Å². The molecule has 1 aromatic rings. The molecule has 1 amide bonds. The van der Waals surface area contributed by atoms with Crippen molar-refractivity contribution in [1.82, 2.24) is 10.5 Å². The minimum Gasteiger partial charge on any atom is -0.388 e. The predicted octanol–water partition coefficient (Wildman–Crippen LogP) is 0.712. The zero-order valence-electron chi connectivity index (χ0n) is 10.3. The molecule has 2 N–H and O–H groups in total. The van der Waals surface area contributed by atoms with E-state index in [1.54, 1.807) is 6.92 Å². The largest absolute Gasteiger partial charge is 0.388 e. The zero-order valence-corrected chi connectivity index (χ0v) is 10.3. The monoisotopic (exact) mass is 242 g/mol. The highest BCUT2D eigenvalue weighted by atomic mass is 16.5. The normalized spacial score (nSPS) is 14.4. The van der Waals surface area contributed by atoms with E-state index in [-0.39, 0.29) is 24.8 Å². The van der Waals surface area contributed by atoms with Gasteiger partial charge in [-0.2, -0.15) is 0 Å². The van der Waals surface area contributed by atoms with Crippen molar-refractivity contribution in [2.45, 2.75) is 32.5 Å². The summed E-state index contributed by atoms with van der Waals surface area (Å²) in [6.07, 6.45) is 0.557. The maximum atomic E-state index is 11.6. The molecule has 96 valence electrons. The third-order valence-electron chi connectivity index (χ3n) is 2.47. The van der Waals surface area contributed by atoms with Crippen molar-refractivity contribution in [1.29, 1.82) is 0 Å². The topological polar surface area (TPSA) is 84.6 Å². The molecule has 0 aliphatic carbocycles. The zero-order chi connectivity index (χ0) is 12.9. The van der Waals surface area contributed by atoms with Crippen molar-refractivity contribution in [2.24, 2.45) is 0 Å². The molecule has 0 saturated carbocycles. The van der Waals surface area contributed by atoms with E-state index >= 15 is 0 Å². The fourth-order valence-corrected chi connectivity index (χ4v) is 1.12. The lowest BCUT2D eigenvalue weighted by Gasteiger charge is -2.20. The van der Waals surface area contributed by atoms with Crippen LogP contribution in [0.3, 0.4) is 0 Å². The van der Waals surface area contributed by atoms with Crippen LogP contribution < -0.4 is 5.32 Å². The van der Waals surface area contributed by atoms with Crippen LogP contribution in [-0.4, -0.2) is 35.4 Å². The number of methoxy groups -OCH3 is 1. The number of amides is 1. The number of ether oxygens (including phenoxy) is 1. The molecule has 0 saturated heterocycles. The molecule has 0 spiro atoms. The second-order valence-corrected chi connectivity index (χ2v) is 4.14. The predicted molar refractivity (Wildman–Crippen MR) is 60.5 cm³/mol. The van der Waals surface area contributed by atoms with Gasteiger partial charge in [0.1, 0.15) is 6.61 Å². The standard InChI is InChI=1S/C11H18N2O4/c1-4-11(2,15)7-12-10(14)9-5-8(6-16-3)17-13-9/h5,15H,4,6-7H2,1-3H3,(H,12,14). The Hall–Kier alpha value is -1.40. The lowest BCUT2D eigenvalue weighted by molar-refractivity contribution is 0.0516. The van der Waals surface area contributed by atoms with Crippen LogP contribution in [-0.2, 0) is 11.3 Å². The summed E-state index contributed by atoms with van der Waals surface area (Å²) < 4.78 is 9.73. The molecule has 6 nitrogen and oxygen atoms in total. The van der Waals surface area contributed by atoms with E-state index in [0.717, 1.165) is 0 Å². The van der Waals surface area contributed by atoms with E-state index in [0.29, 0.717) is 12.2 Å². The number of hydrogen-bond donors (Lipinski definition) is 2. The number of carbonyl (C=O) groups is 1. The van der Waals surface area contributed by atoms with Gasteiger partial charge in [0, 0.05) is 19.7 Å². The second-order valence-electron chi connectivity index (χ2n) is 4.14. The van der Waals surface area contributed by atoms with Crippen molar-refractivity contribution in [2.75, 3.05) is 13.7 Å². The van der Waals surface area contributed by atoms with Crippen LogP contribution in [0.2, 0.25) is 0 Å². The molecule has 0 aromatic carbocycles. The lowest BCUT2D eigenvalue weighted by atomic mass is 10.0. The number of nitrogens with zero attached hydrogens (tertiary/aromatic N) is 1. The van der Waals surface area contributed by atoms with Crippen LogP contribution in [0.25, 0.3) is 0 Å². The van der Waals surface area contributed by atoms with Crippen molar-refractivity contribution < 1.29 is 19.2 Å². The van der Waals surface area contributed by atoms with E-state index in [4.69, 9.17) is 9.26 Å². The number of carbonyl (C=O) groups excluding carboxylic acids is 1. The molecule has 1 heterocycles. The SMILES string of the molecule is CCC(C)(O)CNC(=O)c1cc(COC)on1. The number of rotatable bonds is 6. The fourth-order valence-electron chi connectivity index (χ4n) is 1.12. The second kappa shape index (κ2) is 5.79. The van der Waals surface area contributed by atoms with E-state index in [1.807, 2.05) is 6.92 Å². The minimum absolute atomic E-state index is 0.175. The first kappa shape index (κ1) is 13.7. The summed E-state index contributed by atoms with van der Waals surface area (Å²) >= 11 is 0. The highest BCUT2D eigenvalue weighted by molar-refractivity contribution is 5.92. The molecule has 1 aromatic heterocycles. The molecule has 0 bridgehead atoms. The summed E-state index contributed by atoms with van der Waals surface area (Å²) in [5.41, 5.74) is -0.724. The van der Waals surface area contributed by atoms with Crippen molar-refractivity contribution in [3.8, 4) is 0 Å². The van der Waals surface area contributed by atoms with Crippen LogP contribution in [0.5, 0.6) is 0 Å². The summed E-state index contributed by atoms with van der Waals surface area (Å²) in [7, 11) is 1.53. The average molecular weight is 242 g/mol. The van der Waals surface area contributed by atoms with Gasteiger partial charge in [0.2, 0.25) is 0 Å². The molecule has 1 rings (SSSR count). The van der Waals surface area contributed by atoms with Crippen LogP contribution in [0.1, 0.15) is 36.5 Å². The number of nitrogens with one attached hydrogen (secondary N) is 1. The van der Waals surface area contributed by atoms with Gasteiger partial charge >= 0.3 is 0 Å². The minimum atomic E-state index is -0.908. The fraction of sp³-hybridized carbons (Fsp3) is 0.636. The van der Waals surface area contributed by atoms with Crippen molar-refractivity contribution in [3.05, 3.63) is 17.5 Å². The molecule has 0 radical (unpaired) electrons. The van der Waals surface area contributed by atoms with Crippen molar-refractivity contribution in [3.63, 3.8) is 0 Å². The first-order chi connectivity index (χ1) is 7.98. The van der Waals surface area contributed by atoms with Gasteiger partial charge in [0.25, 0.3) is 5.91 Å². The van der Waals surface area contributed by atoms with Crippen LogP contribution in [0.4, 0.5) is 0 Å². The molecular weight excluding hydrogens is 224 g/mol. The summed E-state index contributed by atoms with van der Waals surface area (Å²) in [6.45, 7) is 3.95. The third-order valence-corrected chi connectivity index (χ3v) is 2.47. The lowest BCUT2D eigenvalue weighted by Crippen LogP contribution is -2.40. The molecule has 6 heteroatoms. The summed E-state index contributed by atoms with van der Waals surface area (Å²) in [5, 5.41) is 15.9. The van der Waals surface area contributed by atoms with Gasteiger partial charge in [-0.25, -0.2) is 0 Å². The summed E-state index contributed by atoms with van der Waals surface area (Å²) in [6, 6.07) is 1.51. The molecule has 0 aliphatic heterocycles. The van der Waals surface area contributed by atoms with Crippen LogP contribution in [0, 0.1) is 0 Å². The summed E-state index contributed by atoms with van der Waals surface area (Å²) in [4.78, 5) is 11.6. The molecule has 17 heavy (non-hydrogen) atoms. The van der Waals surface area contributed by atoms with Gasteiger partial charge in [0.05, 0.1) is 5.60 Å². The van der Waals surface area contributed by atoms with E-state index in [9.17, 15) is 9.90 Å². The van der Waals surface area contributed by atoms with E-state index in [2.05, 4.69) is 10.5 Å². The molecule has 1 unspecified atom stereocenters. The molecular formula is C11H18N2O4. The average Bonchev–Trinajstić information content (AvgIpc) is 2.75. The van der Waals surface area contributed by atoms with Gasteiger partial charge < -0.3 is 19.7 Å². The Kier molecular flexibility index (Phi) is 4.65. The van der Waals surface area contributed by atoms with Gasteiger partial charge in [-0.05, 0) is 13.3 Å². The number of aromatic nitrogens is 1. The third kappa shape index (κ3) is 4.16. The van der Waals surface area contributed by atoms with Crippen LogP contribution in [0.15, 0.2) is 10.6 Å². The highest BCUT2D eigenvalue weighted by Crippen LogP contribution is 2.08. The molecule has 0 aliphatic rings. The Morgan fingerprint density at radius 2 is 2.41 bits per heavy atom. The molecule has 1 atom stereocenters. The quantitative estimate of drug-likeness (QED) is 0.767. The Morgan fingerprint density at radius 1 is 1.71 bits per heavy atom. The smallest absolute Gasteiger partial charge is 0.273 e. The number of aliphatic hydroxyl groups is 1. The Morgan fingerprint density at radius 3 is 3.00 bits per heavy atom. The highest BCUT2D eigenvalue weighted by Gasteiger charge is 2.20. The Bertz CT molecular complexity index is 373. The van der Waals surface area contributed by atoms with Crippen molar-refractivity contribution >= 4 is 5.91 Å². The van der Waals surface area contributed by atoms with Gasteiger partial charge in [0.15, 0.2) is 11.5 Å². The Labute approximate surface area is 99.9 Å². The van der Waals surface area contributed by atoms with E-state index < -0.39 is 5.60 Å². The Balaban J connectivity index is 2.52.